The van der Waals surface area contributed by atoms with Gasteiger partial charge in [0.2, 0.25) is 0 Å². The number of rotatable bonds is 15. The summed E-state index contributed by atoms with van der Waals surface area (Å²) in [5.41, 5.74) is 3.56. The standard InChI is InChI=1S/C32H44O4/c1-5-7-26(27-16-14-24(15-17-27)11-10-21(2)20-25-12-13-25)8-6-9-29(34)22(3)31(23(4)33)32(36)28-18-19-30(28)35/h6-8,14-17,21-22,25,28,30-31,35H,5,9-13,18-20H2,1-4H3/b8-6-,26-7+/t21?,22-,28?,30+,31?/m0/s1. The Bertz CT molecular complexity index is 966. The topological polar surface area (TPSA) is 71.4 Å². The molecular formula is C32H44O4. The Hall–Kier alpha value is -2.33. The van der Waals surface area contributed by atoms with Gasteiger partial charge in [0, 0.05) is 18.3 Å². The largest absolute Gasteiger partial charge is 0.392 e. The first-order valence-corrected chi connectivity index (χ1v) is 13.9. The number of aryl methyl sites for hydroxylation is 1. The molecule has 2 fully saturated rings. The van der Waals surface area contributed by atoms with Gasteiger partial charge in [-0.15, -0.1) is 0 Å². The van der Waals surface area contributed by atoms with Gasteiger partial charge in [-0.2, -0.15) is 0 Å². The second-order valence-corrected chi connectivity index (χ2v) is 11.2. The van der Waals surface area contributed by atoms with Crippen molar-refractivity contribution in [1.82, 2.24) is 0 Å². The maximum atomic E-state index is 12.9. The predicted octanol–water partition coefficient (Wildman–Crippen LogP) is 6.55. The lowest BCUT2D eigenvalue weighted by Gasteiger charge is -2.34. The monoisotopic (exact) mass is 492 g/mol. The number of carbonyl (C=O) groups excluding carboxylic acids is 3. The summed E-state index contributed by atoms with van der Waals surface area (Å²) in [6.07, 6.45) is 14.1. The van der Waals surface area contributed by atoms with Crippen LogP contribution in [0.25, 0.3) is 5.57 Å². The van der Waals surface area contributed by atoms with E-state index in [2.05, 4.69) is 44.2 Å². The molecule has 2 aliphatic rings. The lowest BCUT2D eigenvalue weighted by atomic mass is 9.70. The Kier molecular flexibility index (Phi) is 10.4. The number of aliphatic hydroxyl groups excluding tert-OH is 1. The fourth-order valence-electron chi connectivity index (χ4n) is 5.34. The molecule has 1 N–H and O–H groups in total. The van der Waals surface area contributed by atoms with Gasteiger partial charge in [-0.3, -0.25) is 14.4 Å². The molecule has 2 saturated carbocycles. The van der Waals surface area contributed by atoms with Gasteiger partial charge in [-0.05, 0) is 74.0 Å². The summed E-state index contributed by atoms with van der Waals surface area (Å²) in [7, 11) is 0. The van der Waals surface area contributed by atoms with E-state index < -0.39 is 23.9 Å². The summed E-state index contributed by atoms with van der Waals surface area (Å²) in [5, 5.41) is 9.86. The van der Waals surface area contributed by atoms with Crippen LogP contribution < -0.4 is 0 Å². The van der Waals surface area contributed by atoms with Crippen LogP contribution in [0.5, 0.6) is 0 Å². The molecule has 196 valence electrons. The maximum absolute atomic E-state index is 12.9. The van der Waals surface area contributed by atoms with Gasteiger partial charge in [0.15, 0.2) is 0 Å². The highest BCUT2D eigenvalue weighted by Gasteiger charge is 2.43. The first kappa shape index (κ1) is 28.2. The van der Waals surface area contributed by atoms with E-state index in [4.69, 9.17) is 0 Å². The maximum Gasteiger partial charge on any atom is 0.149 e. The van der Waals surface area contributed by atoms with Crippen LogP contribution in [0.3, 0.4) is 0 Å². The average Bonchev–Trinajstić information content (AvgIpc) is 3.65. The summed E-state index contributed by atoms with van der Waals surface area (Å²) >= 11 is 0. The van der Waals surface area contributed by atoms with Gasteiger partial charge in [0.25, 0.3) is 0 Å². The fraction of sp³-hybridized carbons (Fsp3) is 0.594. The zero-order valence-electron chi connectivity index (χ0n) is 22.5. The van der Waals surface area contributed by atoms with Crippen LogP contribution in [0.4, 0.5) is 0 Å². The van der Waals surface area contributed by atoms with E-state index in [1.165, 1.54) is 38.2 Å². The van der Waals surface area contributed by atoms with Crippen molar-refractivity contribution in [3.05, 3.63) is 53.6 Å². The van der Waals surface area contributed by atoms with E-state index in [1.54, 1.807) is 6.92 Å². The van der Waals surface area contributed by atoms with Crippen molar-refractivity contribution < 1.29 is 19.5 Å². The molecule has 0 spiro atoms. The molecule has 5 atom stereocenters. The quantitative estimate of drug-likeness (QED) is 0.223. The molecule has 0 radical (unpaired) electrons. The average molecular weight is 493 g/mol. The molecule has 0 saturated heterocycles. The normalized spacial score (nSPS) is 22.6. The van der Waals surface area contributed by atoms with Crippen LogP contribution in [-0.4, -0.2) is 28.6 Å². The Morgan fingerprint density at radius 3 is 2.28 bits per heavy atom. The summed E-state index contributed by atoms with van der Waals surface area (Å²) in [5.74, 6) is -1.09. The number of hydrogen-bond donors (Lipinski definition) is 1. The predicted molar refractivity (Wildman–Crippen MR) is 145 cm³/mol. The fourth-order valence-corrected chi connectivity index (χ4v) is 5.34. The van der Waals surface area contributed by atoms with Gasteiger partial charge in [-0.1, -0.05) is 76.1 Å². The summed E-state index contributed by atoms with van der Waals surface area (Å²) in [6, 6.07) is 8.74. The molecule has 3 unspecified atom stereocenters. The zero-order valence-corrected chi connectivity index (χ0v) is 22.5. The minimum Gasteiger partial charge on any atom is -0.392 e. The highest BCUT2D eigenvalue weighted by molar-refractivity contribution is 6.06. The van der Waals surface area contributed by atoms with Crippen LogP contribution >= 0.6 is 0 Å². The van der Waals surface area contributed by atoms with E-state index in [0.29, 0.717) is 12.8 Å². The van der Waals surface area contributed by atoms with E-state index >= 15 is 0 Å². The number of carbonyl (C=O) groups is 3. The number of ketones is 3. The van der Waals surface area contributed by atoms with Crippen molar-refractivity contribution in [1.29, 1.82) is 0 Å². The van der Waals surface area contributed by atoms with E-state index in [9.17, 15) is 19.5 Å². The number of hydrogen-bond acceptors (Lipinski definition) is 4. The Morgan fingerprint density at radius 1 is 1.06 bits per heavy atom. The molecule has 2 aliphatic carbocycles. The summed E-state index contributed by atoms with van der Waals surface area (Å²) in [4.78, 5) is 37.9. The summed E-state index contributed by atoms with van der Waals surface area (Å²) in [6.45, 7) is 7.49. The lowest BCUT2D eigenvalue weighted by Crippen LogP contribution is -2.45. The molecule has 0 aromatic heterocycles. The van der Waals surface area contributed by atoms with Crippen molar-refractivity contribution in [2.24, 2.45) is 29.6 Å². The molecule has 36 heavy (non-hydrogen) atoms. The molecule has 0 heterocycles. The highest BCUT2D eigenvalue weighted by Crippen LogP contribution is 2.36. The van der Waals surface area contributed by atoms with E-state index in [-0.39, 0.29) is 23.8 Å². The Morgan fingerprint density at radius 2 is 1.75 bits per heavy atom. The Balaban J connectivity index is 1.56. The van der Waals surface area contributed by atoms with Gasteiger partial charge < -0.3 is 5.11 Å². The van der Waals surface area contributed by atoms with Gasteiger partial charge in [0.1, 0.15) is 17.3 Å². The molecule has 4 nitrogen and oxygen atoms in total. The summed E-state index contributed by atoms with van der Waals surface area (Å²) < 4.78 is 0. The molecule has 0 bridgehead atoms. The van der Waals surface area contributed by atoms with E-state index in [0.717, 1.165) is 35.8 Å². The van der Waals surface area contributed by atoms with Gasteiger partial charge in [-0.25, -0.2) is 0 Å². The highest BCUT2D eigenvalue weighted by atomic mass is 16.3. The van der Waals surface area contributed by atoms with Crippen LogP contribution in [0.15, 0.2) is 42.5 Å². The van der Waals surface area contributed by atoms with Gasteiger partial charge in [0.05, 0.1) is 12.0 Å². The van der Waals surface area contributed by atoms with Crippen LogP contribution in [0.2, 0.25) is 0 Å². The molecule has 3 rings (SSSR count). The third-order valence-corrected chi connectivity index (χ3v) is 8.04. The molecule has 0 aliphatic heterocycles. The van der Waals surface area contributed by atoms with E-state index in [1.807, 2.05) is 12.2 Å². The lowest BCUT2D eigenvalue weighted by molar-refractivity contribution is -0.146. The molecule has 1 aromatic carbocycles. The molecule has 4 heteroatoms. The van der Waals surface area contributed by atoms with Crippen LogP contribution in [0, 0.1) is 29.6 Å². The molecular weight excluding hydrogens is 448 g/mol. The smallest absolute Gasteiger partial charge is 0.149 e. The molecule has 1 aromatic rings. The van der Waals surface area contributed by atoms with Crippen LogP contribution in [-0.2, 0) is 20.8 Å². The number of benzene rings is 1. The SMILES string of the molecule is CC/C=C(\C=C/CC(=O)[C@H](C)C(C(C)=O)C(=O)C1CC[C@H]1O)c1ccc(CCC(C)CC2CC2)cc1. The number of Topliss-reactive ketones (excluding diaryl/α,β-unsaturated/α-hetero) is 3. The molecule has 0 amide bonds. The minimum atomic E-state index is -0.962. The third-order valence-electron chi connectivity index (χ3n) is 8.04. The number of allylic oxidation sites excluding steroid dienone is 4. The second kappa shape index (κ2) is 13.3. The first-order chi connectivity index (χ1) is 17.2. The van der Waals surface area contributed by atoms with Crippen LogP contribution in [0.1, 0.15) is 90.2 Å². The van der Waals surface area contributed by atoms with Crippen molar-refractivity contribution in [2.45, 2.75) is 91.6 Å². The third kappa shape index (κ3) is 7.83. The Labute approximate surface area is 217 Å². The van der Waals surface area contributed by atoms with Crippen molar-refractivity contribution in [2.75, 3.05) is 0 Å². The zero-order chi connectivity index (χ0) is 26.2. The second-order valence-electron chi connectivity index (χ2n) is 11.2. The minimum absolute atomic E-state index is 0.125. The number of aliphatic hydroxyl groups is 1. The van der Waals surface area contributed by atoms with Crippen molar-refractivity contribution in [3.8, 4) is 0 Å². The van der Waals surface area contributed by atoms with Gasteiger partial charge >= 0.3 is 0 Å². The van der Waals surface area contributed by atoms with Crippen molar-refractivity contribution in [3.63, 3.8) is 0 Å². The first-order valence-electron chi connectivity index (χ1n) is 13.9. The van der Waals surface area contributed by atoms with Crippen molar-refractivity contribution >= 4 is 22.9 Å².